The van der Waals surface area contributed by atoms with Gasteiger partial charge < -0.3 is 0 Å². The Morgan fingerprint density at radius 2 is 2.06 bits per heavy atom. The molecule has 0 unspecified atom stereocenters. The van der Waals surface area contributed by atoms with Gasteiger partial charge in [-0.3, -0.25) is 9.20 Å². The Bertz CT molecular complexity index is 827. The summed E-state index contributed by atoms with van der Waals surface area (Å²) in [5.41, 5.74) is 5.14. The molecule has 4 rings (SSSR count). The molecular formula is C15H10N2O. The van der Waals surface area contributed by atoms with Gasteiger partial charge in [0.25, 0.3) is 0 Å². The van der Waals surface area contributed by atoms with E-state index in [1.54, 1.807) is 6.08 Å². The zero-order valence-corrected chi connectivity index (χ0v) is 9.63. The van der Waals surface area contributed by atoms with Gasteiger partial charge in [0.2, 0.25) is 0 Å². The summed E-state index contributed by atoms with van der Waals surface area (Å²) in [6, 6.07) is 10.1. The number of para-hydroxylation sites is 2. The van der Waals surface area contributed by atoms with Crippen molar-refractivity contribution in [2.45, 2.75) is 6.42 Å². The fourth-order valence-electron chi connectivity index (χ4n) is 2.49. The third-order valence-electron chi connectivity index (χ3n) is 3.38. The topological polar surface area (TPSA) is 34.4 Å². The van der Waals surface area contributed by atoms with Gasteiger partial charge in [-0.15, -0.1) is 0 Å². The Balaban J connectivity index is 2.12. The number of carbonyl (C=O) groups is 1. The number of fused-ring (bicyclic) bond motifs is 4. The monoisotopic (exact) mass is 234 g/mol. The third kappa shape index (κ3) is 1.24. The van der Waals surface area contributed by atoms with Crippen LogP contribution in [0.3, 0.4) is 0 Å². The molecule has 0 N–H and O–H groups in total. The van der Waals surface area contributed by atoms with E-state index < -0.39 is 0 Å². The lowest BCUT2D eigenvalue weighted by molar-refractivity contribution is -0.114. The van der Waals surface area contributed by atoms with Gasteiger partial charge in [-0.05, 0) is 41.5 Å². The summed E-state index contributed by atoms with van der Waals surface area (Å²) in [7, 11) is 0. The van der Waals surface area contributed by atoms with Crippen LogP contribution in [0.4, 0.5) is 0 Å². The number of aromatic nitrogens is 2. The molecule has 0 bridgehead atoms. The first-order valence-corrected chi connectivity index (χ1v) is 5.92. The predicted octanol–water partition coefficient (Wildman–Crippen LogP) is 2.63. The standard InChI is InChI=1S/C15H10N2O/c18-12-6-5-10-9-17-14-4-2-1-3-13(14)16-15(17)8-11(10)7-12/h1-6,8-9H,7H2. The van der Waals surface area contributed by atoms with E-state index in [-0.39, 0.29) is 5.78 Å². The van der Waals surface area contributed by atoms with Crippen LogP contribution in [-0.4, -0.2) is 15.2 Å². The highest BCUT2D eigenvalue weighted by atomic mass is 16.1. The molecule has 2 aromatic heterocycles. The molecule has 0 spiro atoms. The van der Waals surface area contributed by atoms with E-state index in [0.29, 0.717) is 6.42 Å². The second-order valence-electron chi connectivity index (χ2n) is 4.56. The van der Waals surface area contributed by atoms with E-state index in [2.05, 4.69) is 21.6 Å². The molecule has 3 nitrogen and oxygen atoms in total. The van der Waals surface area contributed by atoms with Crippen LogP contribution in [0.25, 0.3) is 22.8 Å². The number of rotatable bonds is 0. The zero-order chi connectivity index (χ0) is 12.1. The lowest BCUT2D eigenvalue weighted by Crippen LogP contribution is -2.06. The molecule has 0 saturated carbocycles. The zero-order valence-electron chi connectivity index (χ0n) is 9.63. The van der Waals surface area contributed by atoms with Gasteiger partial charge in [-0.2, -0.15) is 0 Å². The number of nitrogens with zero attached hydrogens (tertiary/aromatic N) is 2. The van der Waals surface area contributed by atoms with Crippen molar-refractivity contribution >= 4 is 28.5 Å². The molecule has 3 heteroatoms. The number of hydrogen-bond donors (Lipinski definition) is 0. The fraction of sp³-hybridized carbons (Fsp3) is 0.0667. The molecule has 1 aliphatic rings. The Hall–Kier alpha value is -2.42. The van der Waals surface area contributed by atoms with Crippen LogP contribution in [-0.2, 0) is 11.2 Å². The van der Waals surface area contributed by atoms with Gasteiger partial charge in [0.1, 0.15) is 5.65 Å². The largest absolute Gasteiger partial charge is 0.299 e. The number of hydrogen-bond acceptors (Lipinski definition) is 2. The summed E-state index contributed by atoms with van der Waals surface area (Å²) in [6.07, 6.45) is 6.07. The summed E-state index contributed by atoms with van der Waals surface area (Å²) in [6.45, 7) is 0. The number of allylic oxidation sites excluding steroid dienone is 1. The van der Waals surface area contributed by atoms with Gasteiger partial charge in [0.15, 0.2) is 5.78 Å². The van der Waals surface area contributed by atoms with E-state index in [9.17, 15) is 4.79 Å². The molecule has 2 heterocycles. The smallest absolute Gasteiger partial charge is 0.160 e. The van der Waals surface area contributed by atoms with Crippen LogP contribution in [0.5, 0.6) is 0 Å². The number of pyridine rings is 1. The molecule has 0 amide bonds. The van der Waals surface area contributed by atoms with Crippen LogP contribution in [0.15, 0.2) is 42.6 Å². The van der Waals surface area contributed by atoms with Crippen molar-refractivity contribution < 1.29 is 4.79 Å². The maximum Gasteiger partial charge on any atom is 0.160 e. The average Bonchev–Trinajstić information content (AvgIpc) is 2.73. The minimum Gasteiger partial charge on any atom is -0.299 e. The van der Waals surface area contributed by atoms with E-state index in [1.165, 1.54) is 0 Å². The van der Waals surface area contributed by atoms with Crippen molar-refractivity contribution in [3.63, 3.8) is 0 Å². The minimum absolute atomic E-state index is 0.156. The highest BCUT2D eigenvalue weighted by molar-refractivity contribution is 5.98. The van der Waals surface area contributed by atoms with Crippen LogP contribution >= 0.6 is 0 Å². The number of imidazole rings is 1. The second kappa shape index (κ2) is 3.29. The highest BCUT2D eigenvalue weighted by Crippen LogP contribution is 2.23. The summed E-state index contributed by atoms with van der Waals surface area (Å²) < 4.78 is 2.08. The molecule has 0 atom stereocenters. The van der Waals surface area contributed by atoms with Crippen molar-refractivity contribution in [3.05, 3.63) is 53.7 Å². The van der Waals surface area contributed by atoms with Crippen molar-refractivity contribution in [3.8, 4) is 0 Å². The molecule has 1 aliphatic carbocycles. The van der Waals surface area contributed by atoms with Crippen LogP contribution < -0.4 is 0 Å². The van der Waals surface area contributed by atoms with Gasteiger partial charge in [0.05, 0.1) is 11.0 Å². The summed E-state index contributed by atoms with van der Waals surface area (Å²) in [5.74, 6) is 0.156. The fourth-order valence-corrected chi connectivity index (χ4v) is 2.49. The van der Waals surface area contributed by atoms with Crippen molar-refractivity contribution in [2.24, 2.45) is 0 Å². The van der Waals surface area contributed by atoms with Crippen LogP contribution in [0, 0.1) is 0 Å². The lowest BCUT2D eigenvalue weighted by atomic mass is 9.99. The SMILES string of the molecule is O=C1C=Cc2cn3c(cc2C1)nc1ccccc13. The first-order valence-electron chi connectivity index (χ1n) is 5.92. The molecule has 3 aromatic rings. The molecule has 18 heavy (non-hydrogen) atoms. The van der Waals surface area contributed by atoms with Crippen molar-refractivity contribution in [1.82, 2.24) is 9.38 Å². The molecule has 0 aliphatic heterocycles. The predicted molar refractivity (Wildman–Crippen MR) is 70.4 cm³/mol. The second-order valence-corrected chi connectivity index (χ2v) is 4.56. The Labute approximate surface area is 103 Å². The average molecular weight is 234 g/mol. The van der Waals surface area contributed by atoms with Gasteiger partial charge >= 0.3 is 0 Å². The van der Waals surface area contributed by atoms with Crippen LogP contribution in [0.2, 0.25) is 0 Å². The molecule has 1 aromatic carbocycles. The van der Waals surface area contributed by atoms with Crippen LogP contribution in [0.1, 0.15) is 11.1 Å². The Morgan fingerprint density at radius 1 is 1.17 bits per heavy atom. The molecule has 0 radical (unpaired) electrons. The maximum atomic E-state index is 11.4. The quantitative estimate of drug-likeness (QED) is 0.599. The minimum atomic E-state index is 0.156. The summed E-state index contributed by atoms with van der Waals surface area (Å²) in [4.78, 5) is 16.0. The Morgan fingerprint density at radius 3 is 3.00 bits per heavy atom. The van der Waals surface area contributed by atoms with Gasteiger partial charge in [-0.1, -0.05) is 12.1 Å². The molecule has 0 fully saturated rings. The third-order valence-corrected chi connectivity index (χ3v) is 3.38. The number of carbonyl (C=O) groups excluding carboxylic acids is 1. The van der Waals surface area contributed by atoms with Crippen molar-refractivity contribution in [2.75, 3.05) is 0 Å². The van der Waals surface area contributed by atoms with E-state index in [0.717, 1.165) is 27.8 Å². The summed E-state index contributed by atoms with van der Waals surface area (Å²) in [5, 5.41) is 0. The van der Waals surface area contributed by atoms with Gasteiger partial charge in [-0.25, -0.2) is 4.98 Å². The normalized spacial score (nSPS) is 14.3. The maximum absolute atomic E-state index is 11.4. The Kier molecular flexibility index (Phi) is 1.75. The summed E-state index contributed by atoms with van der Waals surface area (Å²) >= 11 is 0. The molecule has 86 valence electrons. The lowest BCUT2D eigenvalue weighted by Gasteiger charge is -2.09. The first kappa shape index (κ1) is 9.59. The molecule has 0 saturated heterocycles. The number of benzene rings is 1. The van der Waals surface area contributed by atoms with Gasteiger partial charge in [0, 0.05) is 12.6 Å². The highest BCUT2D eigenvalue weighted by Gasteiger charge is 2.13. The number of ketones is 1. The first-order chi connectivity index (χ1) is 8.81. The molecular weight excluding hydrogens is 224 g/mol. The van der Waals surface area contributed by atoms with E-state index >= 15 is 0 Å². The van der Waals surface area contributed by atoms with E-state index in [4.69, 9.17) is 0 Å². The van der Waals surface area contributed by atoms with Crippen molar-refractivity contribution in [1.29, 1.82) is 0 Å². The van der Waals surface area contributed by atoms with E-state index in [1.807, 2.05) is 30.3 Å².